The van der Waals surface area contributed by atoms with E-state index in [1.807, 2.05) is 36.0 Å². The van der Waals surface area contributed by atoms with Gasteiger partial charge in [0.05, 0.1) is 11.9 Å². The van der Waals surface area contributed by atoms with Crippen molar-refractivity contribution in [2.45, 2.75) is 6.54 Å². The first-order chi connectivity index (χ1) is 10.2. The number of hydrogen-bond donors (Lipinski definition) is 1. The Hall–Kier alpha value is -2.62. The fourth-order valence-corrected chi connectivity index (χ4v) is 2.23. The summed E-state index contributed by atoms with van der Waals surface area (Å²) in [6.07, 6.45) is 1.85. The largest absolute Gasteiger partial charge is 0.352 e. The molecule has 2 aromatic carbocycles. The first-order valence-electron chi connectivity index (χ1n) is 6.79. The van der Waals surface area contributed by atoms with E-state index in [4.69, 9.17) is 0 Å². The van der Waals surface area contributed by atoms with Gasteiger partial charge in [-0.05, 0) is 23.3 Å². The third-order valence-corrected chi connectivity index (χ3v) is 3.42. The van der Waals surface area contributed by atoms with E-state index in [-0.39, 0.29) is 5.82 Å². The second-order valence-corrected chi connectivity index (χ2v) is 4.87. The molecule has 1 N–H and O–H groups in total. The highest BCUT2D eigenvalue weighted by atomic mass is 19.1. The topological polar surface area (TPSA) is 29.9 Å². The van der Waals surface area contributed by atoms with Crippen molar-refractivity contribution in [3.8, 4) is 11.3 Å². The highest BCUT2D eigenvalue weighted by molar-refractivity contribution is 5.61. The standard InChI is InChI=1S/C17H16FN3/c1-21-16(14-5-3-2-4-6-14)12-20-17(21)19-11-13-7-9-15(18)10-8-13/h2-10,12H,11H2,1H3,(H,19,20). The van der Waals surface area contributed by atoms with Crippen molar-refractivity contribution < 1.29 is 4.39 Å². The van der Waals surface area contributed by atoms with Crippen molar-refractivity contribution in [3.05, 3.63) is 72.2 Å². The third kappa shape index (κ3) is 2.94. The molecule has 1 heterocycles. The van der Waals surface area contributed by atoms with Gasteiger partial charge in [-0.1, -0.05) is 42.5 Å². The Bertz CT molecular complexity index is 718. The predicted molar refractivity (Wildman–Crippen MR) is 82.4 cm³/mol. The Balaban J connectivity index is 1.75. The Morgan fingerprint density at radius 2 is 1.76 bits per heavy atom. The van der Waals surface area contributed by atoms with E-state index in [1.54, 1.807) is 12.1 Å². The average molecular weight is 281 g/mol. The highest BCUT2D eigenvalue weighted by Crippen LogP contribution is 2.21. The van der Waals surface area contributed by atoms with Crippen molar-refractivity contribution >= 4 is 5.95 Å². The van der Waals surface area contributed by atoms with Gasteiger partial charge in [0.2, 0.25) is 5.95 Å². The van der Waals surface area contributed by atoms with E-state index in [0.29, 0.717) is 6.54 Å². The molecular formula is C17H16FN3. The summed E-state index contributed by atoms with van der Waals surface area (Å²) in [7, 11) is 1.97. The number of aromatic nitrogens is 2. The molecule has 21 heavy (non-hydrogen) atoms. The van der Waals surface area contributed by atoms with Gasteiger partial charge in [-0.2, -0.15) is 0 Å². The van der Waals surface area contributed by atoms with Gasteiger partial charge in [-0.3, -0.25) is 0 Å². The zero-order valence-corrected chi connectivity index (χ0v) is 11.8. The zero-order valence-electron chi connectivity index (χ0n) is 11.8. The van der Waals surface area contributed by atoms with E-state index >= 15 is 0 Å². The van der Waals surface area contributed by atoms with E-state index in [1.165, 1.54) is 12.1 Å². The number of halogens is 1. The van der Waals surface area contributed by atoms with Gasteiger partial charge < -0.3 is 9.88 Å². The number of rotatable bonds is 4. The lowest BCUT2D eigenvalue weighted by atomic mass is 10.2. The zero-order chi connectivity index (χ0) is 14.7. The number of nitrogens with one attached hydrogen (secondary N) is 1. The van der Waals surface area contributed by atoms with Gasteiger partial charge in [0.25, 0.3) is 0 Å². The molecular weight excluding hydrogens is 265 g/mol. The van der Waals surface area contributed by atoms with Crippen molar-refractivity contribution in [2.75, 3.05) is 5.32 Å². The van der Waals surface area contributed by atoms with Gasteiger partial charge >= 0.3 is 0 Å². The van der Waals surface area contributed by atoms with Crippen molar-refractivity contribution in [3.63, 3.8) is 0 Å². The van der Waals surface area contributed by atoms with Crippen molar-refractivity contribution in [1.29, 1.82) is 0 Å². The summed E-state index contributed by atoms with van der Waals surface area (Å²) >= 11 is 0. The maximum atomic E-state index is 12.9. The summed E-state index contributed by atoms with van der Waals surface area (Å²) < 4.78 is 14.9. The van der Waals surface area contributed by atoms with Gasteiger partial charge in [-0.25, -0.2) is 9.37 Å². The minimum absolute atomic E-state index is 0.220. The maximum absolute atomic E-state index is 12.9. The van der Waals surface area contributed by atoms with Crippen LogP contribution in [0, 0.1) is 5.82 Å². The maximum Gasteiger partial charge on any atom is 0.203 e. The summed E-state index contributed by atoms with van der Waals surface area (Å²) in [5.74, 6) is 0.570. The smallest absolute Gasteiger partial charge is 0.203 e. The second kappa shape index (κ2) is 5.79. The average Bonchev–Trinajstić information content (AvgIpc) is 2.89. The normalized spacial score (nSPS) is 10.6. The van der Waals surface area contributed by atoms with Crippen LogP contribution >= 0.6 is 0 Å². The van der Waals surface area contributed by atoms with Gasteiger partial charge in [0, 0.05) is 13.6 Å². The van der Waals surface area contributed by atoms with Crippen LogP contribution in [-0.4, -0.2) is 9.55 Å². The molecule has 0 saturated carbocycles. The summed E-state index contributed by atoms with van der Waals surface area (Å²) in [4.78, 5) is 4.40. The number of benzene rings is 2. The summed E-state index contributed by atoms with van der Waals surface area (Å²) in [5.41, 5.74) is 3.19. The molecule has 0 aliphatic carbocycles. The molecule has 0 aliphatic rings. The molecule has 0 amide bonds. The summed E-state index contributed by atoms with van der Waals surface area (Å²) in [6, 6.07) is 16.6. The molecule has 3 rings (SSSR count). The summed E-state index contributed by atoms with van der Waals surface area (Å²) in [5, 5.41) is 3.27. The molecule has 3 aromatic rings. The molecule has 0 fully saturated rings. The van der Waals surface area contributed by atoms with Crippen LogP contribution in [-0.2, 0) is 13.6 Å². The predicted octanol–water partition coefficient (Wildman–Crippen LogP) is 3.84. The van der Waals surface area contributed by atoms with E-state index < -0.39 is 0 Å². The Morgan fingerprint density at radius 3 is 2.48 bits per heavy atom. The molecule has 0 bridgehead atoms. The number of nitrogens with zero attached hydrogens (tertiary/aromatic N) is 2. The fraction of sp³-hybridized carbons (Fsp3) is 0.118. The van der Waals surface area contributed by atoms with E-state index in [0.717, 1.165) is 22.8 Å². The van der Waals surface area contributed by atoms with Crippen LogP contribution in [0.25, 0.3) is 11.3 Å². The first kappa shape index (κ1) is 13.4. The lowest BCUT2D eigenvalue weighted by Gasteiger charge is -2.08. The van der Waals surface area contributed by atoms with Crippen LogP contribution in [0.4, 0.5) is 10.3 Å². The van der Waals surface area contributed by atoms with Crippen molar-refractivity contribution in [1.82, 2.24) is 9.55 Å². The SMILES string of the molecule is Cn1c(-c2ccccc2)cnc1NCc1ccc(F)cc1. The van der Waals surface area contributed by atoms with Crippen LogP contribution in [0.5, 0.6) is 0 Å². The van der Waals surface area contributed by atoms with Crippen molar-refractivity contribution in [2.24, 2.45) is 7.05 Å². The molecule has 0 spiro atoms. The number of anilines is 1. The molecule has 106 valence electrons. The van der Waals surface area contributed by atoms with Crippen LogP contribution in [0.3, 0.4) is 0 Å². The van der Waals surface area contributed by atoms with Crippen LogP contribution in [0.2, 0.25) is 0 Å². The van der Waals surface area contributed by atoms with Crippen LogP contribution < -0.4 is 5.32 Å². The fourth-order valence-electron chi connectivity index (χ4n) is 2.23. The molecule has 0 radical (unpaired) electrons. The van der Waals surface area contributed by atoms with E-state index in [2.05, 4.69) is 22.4 Å². The first-order valence-corrected chi connectivity index (χ1v) is 6.79. The minimum atomic E-state index is -0.220. The Kier molecular flexibility index (Phi) is 3.69. The van der Waals surface area contributed by atoms with E-state index in [9.17, 15) is 4.39 Å². The van der Waals surface area contributed by atoms with Gasteiger partial charge in [-0.15, -0.1) is 0 Å². The Morgan fingerprint density at radius 1 is 1.05 bits per heavy atom. The lowest BCUT2D eigenvalue weighted by Crippen LogP contribution is -2.05. The molecule has 0 unspecified atom stereocenters. The quantitative estimate of drug-likeness (QED) is 0.787. The Labute approximate surface area is 123 Å². The molecule has 3 nitrogen and oxygen atoms in total. The molecule has 1 aromatic heterocycles. The number of imidazole rings is 1. The monoisotopic (exact) mass is 281 g/mol. The molecule has 0 saturated heterocycles. The number of hydrogen-bond acceptors (Lipinski definition) is 2. The molecule has 4 heteroatoms. The van der Waals surface area contributed by atoms with Gasteiger partial charge in [0.15, 0.2) is 0 Å². The second-order valence-electron chi connectivity index (χ2n) is 4.87. The third-order valence-electron chi connectivity index (χ3n) is 3.42. The minimum Gasteiger partial charge on any atom is -0.352 e. The van der Waals surface area contributed by atoms with Crippen LogP contribution in [0.15, 0.2) is 60.8 Å². The lowest BCUT2D eigenvalue weighted by molar-refractivity contribution is 0.627. The summed E-state index contributed by atoms with van der Waals surface area (Å²) in [6.45, 7) is 0.610. The molecule has 0 atom stereocenters. The van der Waals surface area contributed by atoms with Gasteiger partial charge in [0.1, 0.15) is 5.82 Å². The molecule has 0 aliphatic heterocycles. The highest BCUT2D eigenvalue weighted by Gasteiger charge is 2.07. The van der Waals surface area contributed by atoms with Crippen LogP contribution in [0.1, 0.15) is 5.56 Å².